The fourth-order valence-electron chi connectivity index (χ4n) is 3.71. The molecular weight excluding hydrogens is 431 g/mol. The molecule has 1 aliphatic rings. The van der Waals surface area contributed by atoms with Gasteiger partial charge in [-0.25, -0.2) is 4.79 Å². The number of carbonyl (C=O) groups excluding carboxylic acids is 1. The first-order valence-corrected chi connectivity index (χ1v) is 10.1. The zero-order valence-electron chi connectivity index (χ0n) is 15.4. The maximum absolute atomic E-state index is 13.6. The van der Waals surface area contributed by atoms with E-state index < -0.39 is 11.8 Å². The van der Waals surface area contributed by atoms with E-state index in [0.717, 1.165) is 0 Å². The van der Waals surface area contributed by atoms with Crippen molar-refractivity contribution in [3.8, 4) is 0 Å². The van der Waals surface area contributed by atoms with Crippen molar-refractivity contribution in [1.82, 2.24) is 0 Å². The average molecular weight is 448 g/mol. The Morgan fingerprint density at radius 2 is 1.38 bits per heavy atom. The van der Waals surface area contributed by atoms with Crippen molar-refractivity contribution >= 4 is 52.2 Å². The van der Waals surface area contributed by atoms with E-state index in [1.165, 1.54) is 4.90 Å². The first-order chi connectivity index (χ1) is 13.8. The molecule has 0 spiro atoms. The molecule has 1 saturated heterocycles. The highest BCUT2D eigenvalue weighted by Crippen LogP contribution is 2.45. The molecule has 4 nitrogen and oxygen atoms in total. The number of nitrogens with zero attached hydrogens (tertiary/aromatic N) is 2. The Kier molecular flexibility index (Phi) is 5.21. The molecule has 2 atom stereocenters. The number of benzene rings is 3. The van der Waals surface area contributed by atoms with E-state index in [4.69, 9.17) is 34.8 Å². The van der Waals surface area contributed by atoms with Crippen molar-refractivity contribution in [2.24, 2.45) is 0 Å². The zero-order valence-corrected chi connectivity index (χ0v) is 17.7. The van der Waals surface area contributed by atoms with Crippen LogP contribution in [0.2, 0.25) is 15.1 Å². The van der Waals surface area contributed by atoms with Crippen LogP contribution in [0.4, 0.5) is 16.2 Å². The van der Waals surface area contributed by atoms with Crippen LogP contribution in [0.1, 0.15) is 12.5 Å². The SMILES string of the molecule is C[C@@H]1N(c2ccc(Cl)cc2)C(=O)N(c2ccc(Cl)cc2)C1(O)c1cccc(Cl)c1. The van der Waals surface area contributed by atoms with Crippen LogP contribution in [0, 0.1) is 0 Å². The van der Waals surface area contributed by atoms with Crippen LogP contribution < -0.4 is 9.80 Å². The van der Waals surface area contributed by atoms with Crippen LogP contribution in [-0.4, -0.2) is 17.2 Å². The van der Waals surface area contributed by atoms with Gasteiger partial charge in [0.2, 0.25) is 0 Å². The molecule has 7 heteroatoms. The van der Waals surface area contributed by atoms with E-state index in [1.807, 2.05) is 0 Å². The molecule has 0 bridgehead atoms. The van der Waals surface area contributed by atoms with E-state index in [-0.39, 0.29) is 6.03 Å². The first kappa shape index (κ1) is 20.0. The normalized spacial score (nSPS) is 21.7. The Morgan fingerprint density at radius 1 is 0.828 bits per heavy atom. The van der Waals surface area contributed by atoms with Gasteiger partial charge in [0.25, 0.3) is 0 Å². The summed E-state index contributed by atoms with van der Waals surface area (Å²) in [4.78, 5) is 16.5. The largest absolute Gasteiger partial charge is 0.365 e. The van der Waals surface area contributed by atoms with Crippen molar-refractivity contribution in [3.63, 3.8) is 0 Å². The summed E-state index contributed by atoms with van der Waals surface area (Å²) in [6.07, 6.45) is 0. The predicted octanol–water partition coefficient (Wildman–Crippen LogP) is 6.33. The third-order valence-corrected chi connectivity index (χ3v) is 5.89. The molecule has 148 valence electrons. The molecule has 1 aliphatic heterocycles. The van der Waals surface area contributed by atoms with Crippen molar-refractivity contribution < 1.29 is 9.90 Å². The summed E-state index contributed by atoms with van der Waals surface area (Å²) in [6, 6.07) is 19.6. The van der Waals surface area contributed by atoms with Crippen LogP contribution in [-0.2, 0) is 5.72 Å². The maximum Gasteiger partial charge on any atom is 0.332 e. The number of amides is 2. The van der Waals surface area contributed by atoms with Crippen molar-refractivity contribution in [3.05, 3.63) is 93.4 Å². The summed E-state index contributed by atoms with van der Waals surface area (Å²) < 4.78 is 0. The predicted molar refractivity (Wildman–Crippen MR) is 118 cm³/mol. The maximum atomic E-state index is 13.6. The Bertz CT molecular complexity index is 1060. The number of carbonyl (C=O) groups is 1. The fraction of sp³-hybridized carbons (Fsp3) is 0.136. The van der Waals surface area contributed by atoms with Crippen LogP contribution in [0.15, 0.2) is 72.8 Å². The van der Waals surface area contributed by atoms with Gasteiger partial charge in [-0.3, -0.25) is 9.80 Å². The summed E-state index contributed by atoms with van der Waals surface area (Å²) in [5.74, 6) is 0. The number of aliphatic hydroxyl groups is 1. The highest BCUT2D eigenvalue weighted by Gasteiger charge is 2.56. The van der Waals surface area contributed by atoms with E-state index in [2.05, 4.69) is 0 Å². The Labute approximate surface area is 183 Å². The van der Waals surface area contributed by atoms with Gasteiger partial charge in [-0.2, -0.15) is 0 Å². The molecule has 3 aromatic carbocycles. The van der Waals surface area contributed by atoms with Crippen LogP contribution in [0.25, 0.3) is 0 Å². The molecule has 0 radical (unpaired) electrons. The molecule has 2 amide bonds. The molecule has 3 aromatic rings. The summed E-state index contributed by atoms with van der Waals surface area (Å²) in [5.41, 5.74) is 0.00129. The second-order valence-corrected chi connectivity index (χ2v) is 8.16. The number of urea groups is 1. The topological polar surface area (TPSA) is 43.8 Å². The monoisotopic (exact) mass is 446 g/mol. The van der Waals surface area contributed by atoms with E-state index in [9.17, 15) is 9.90 Å². The molecule has 1 N–H and O–H groups in total. The molecule has 1 heterocycles. The van der Waals surface area contributed by atoms with Gasteiger partial charge in [0.05, 0.1) is 6.04 Å². The van der Waals surface area contributed by atoms with Gasteiger partial charge >= 0.3 is 6.03 Å². The van der Waals surface area contributed by atoms with Crippen LogP contribution in [0.3, 0.4) is 0 Å². The minimum absolute atomic E-state index is 0.371. The Hall–Kier alpha value is -2.24. The third kappa shape index (κ3) is 3.36. The van der Waals surface area contributed by atoms with Crippen molar-refractivity contribution in [2.45, 2.75) is 18.7 Å². The van der Waals surface area contributed by atoms with E-state index >= 15 is 0 Å². The lowest BCUT2D eigenvalue weighted by Gasteiger charge is -2.35. The quantitative estimate of drug-likeness (QED) is 0.510. The summed E-state index contributed by atoms with van der Waals surface area (Å²) in [5, 5.41) is 13.5. The second-order valence-electron chi connectivity index (χ2n) is 6.85. The highest BCUT2D eigenvalue weighted by molar-refractivity contribution is 6.31. The second kappa shape index (κ2) is 7.54. The average Bonchev–Trinajstić information content (AvgIpc) is 2.90. The smallest absolute Gasteiger partial charge is 0.332 e. The van der Waals surface area contributed by atoms with Gasteiger partial charge in [0.1, 0.15) is 0 Å². The minimum atomic E-state index is -1.66. The molecule has 4 rings (SSSR count). The van der Waals surface area contributed by atoms with Gasteiger partial charge in [-0.15, -0.1) is 0 Å². The van der Waals surface area contributed by atoms with Crippen LogP contribution >= 0.6 is 34.8 Å². The zero-order chi connectivity index (χ0) is 20.8. The molecule has 0 saturated carbocycles. The molecule has 1 fully saturated rings. The number of hydrogen-bond donors (Lipinski definition) is 1. The number of halogens is 3. The third-order valence-electron chi connectivity index (χ3n) is 5.15. The van der Waals surface area contributed by atoms with Crippen LogP contribution in [0.5, 0.6) is 0 Å². The number of anilines is 2. The van der Waals surface area contributed by atoms with Crippen molar-refractivity contribution in [2.75, 3.05) is 9.80 Å². The lowest BCUT2D eigenvalue weighted by molar-refractivity contribution is 0.0372. The highest BCUT2D eigenvalue weighted by atomic mass is 35.5. The van der Waals surface area contributed by atoms with Gasteiger partial charge in [-0.1, -0.05) is 46.9 Å². The van der Waals surface area contributed by atoms with E-state index in [1.54, 1.807) is 84.6 Å². The molecule has 29 heavy (non-hydrogen) atoms. The first-order valence-electron chi connectivity index (χ1n) is 8.95. The molecule has 1 unspecified atom stereocenters. The fourth-order valence-corrected chi connectivity index (χ4v) is 4.15. The molecule has 0 aromatic heterocycles. The molecule has 0 aliphatic carbocycles. The lowest BCUT2D eigenvalue weighted by atomic mass is 9.94. The van der Waals surface area contributed by atoms with Crippen molar-refractivity contribution in [1.29, 1.82) is 0 Å². The summed E-state index contributed by atoms with van der Waals surface area (Å²) >= 11 is 18.2. The van der Waals surface area contributed by atoms with Gasteiger partial charge in [0, 0.05) is 32.0 Å². The van der Waals surface area contributed by atoms with Gasteiger partial charge in [0.15, 0.2) is 5.72 Å². The Balaban J connectivity index is 1.90. The lowest BCUT2D eigenvalue weighted by Crippen LogP contribution is -2.48. The summed E-state index contributed by atoms with van der Waals surface area (Å²) in [7, 11) is 0. The Morgan fingerprint density at radius 3 is 1.93 bits per heavy atom. The standard InChI is InChI=1S/C22H17Cl3N2O2/c1-14-22(29,15-3-2-4-18(25)13-15)27(20-11-7-17(24)8-12-20)21(28)26(14)19-9-5-16(23)6-10-19/h2-14,29H,1H3/t14-,22?/m0/s1. The summed E-state index contributed by atoms with van der Waals surface area (Å²) in [6.45, 7) is 1.79. The molecular formula is C22H17Cl3N2O2. The van der Waals surface area contributed by atoms with Gasteiger partial charge in [-0.05, 0) is 67.6 Å². The number of hydrogen-bond acceptors (Lipinski definition) is 2. The van der Waals surface area contributed by atoms with Gasteiger partial charge < -0.3 is 5.11 Å². The minimum Gasteiger partial charge on any atom is -0.365 e. The van der Waals surface area contributed by atoms with E-state index in [0.29, 0.717) is 32.0 Å². The number of rotatable bonds is 3.